The molecule has 3 N–H and O–H groups in total. The molecular formula is C30H31F3N4O5. The highest BCUT2D eigenvalue weighted by molar-refractivity contribution is 6.02. The van der Waals surface area contributed by atoms with Crippen molar-refractivity contribution < 1.29 is 37.4 Å². The van der Waals surface area contributed by atoms with E-state index in [1.807, 2.05) is 24.3 Å². The number of amides is 3. The maximum absolute atomic E-state index is 13.4. The van der Waals surface area contributed by atoms with Crippen LogP contribution in [0.4, 0.5) is 35.0 Å². The van der Waals surface area contributed by atoms with Crippen molar-refractivity contribution in [2.75, 3.05) is 34.8 Å². The van der Waals surface area contributed by atoms with Crippen molar-refractivity contribution in [2.24, 2.45) is 0 Å². The van der Waals surface area contributed by atoms with Gasteiger partial charge in [0.1, 0.15) is 5.75 Å². The summed E-state index contributed by atoms with van der Waals surface area (Å²) in [5.74, 6) is -1.83. The number of carbonyl (C=O) groups excluding carboxylic acids is 2. The van der Waals surface area contributed by atoms with E-state index in [0.29, 0.717) is 16.8 Å². The Morgan fingerprint density at radius 3 is 2.12 bits per heavy atom. The third-order valence-corrected chi connectivity index (χ3v) is 6.65. The molecule has 9 nitrogen and oxygen atoms in total. The van der Waals surface area contributed by atoms with Gasteiger partial charge in [-0.05, 0) is 85.5 Å². The van der Waals surface area contributed by atoms with Crippen molar-refractivity contribution in [2.45, 2.75) is 38.6 Å². The van der Waals surface area contributed by atoms with Crippen molar-refractivity contribution in [3.63, 3.8) is 0 Å². The quantitative estimate of drug-likeness (QED) is 0.269. The largest absolute Gasteiger partial charge is 0.573 e. The van der Waals surface area contributed by atoms with E-state index in [1.165, 1.54) is 23.5 Å². The molecule has 0 atom stereocenters. The first kappa shape index (κ1) is 30.2. The molecule has 42 heavy (non-hydrogen) atoms. The van der Waals surface area contributed by atoms with Gasteiger partial charge in [0.05, 0.1) is 13.0 Å². The van der Waals surface area contributed by atoms with E-state index in [9.17, 15) is 27.6 Å². The normalized spacial score (nSPS) is 13.3. The van der Waals surface area contributed by atoms with E-state index in [4.69, 9.17) is 5.11 Å². The average Bonchev–Trinajstić information content (AvgIpc) is 2.97. The van der Waals surface area contributed by atoms with Crippen molar-refractivity contribution in [3.05, 3.63) is 83.9 Å². The van der Waals surface area contributed by atoms with Crippen LogP contribution in [0.5, 0.6) is 5.75 Å². The second-order valence-electron chi connectivity index (χ2n) is 9.75. The number of alkyl halides is 3. The molecule has 1 heterocycles. The minimum atomic E-state index is -4.82. The number of carboxylic acids is 1. The van der Waals surface area contributed by atoms with Crippen molar-refractivity contribution in [3.8, 4) is 5.75 Å². The number of rotatable bonds is 10. The fourth-order valence-electron chi connectivity index (χ4n) is 4.54. The summed E-state index contributed by atoms with van der Waals surface area (Å²) in [5, 5.41) is 14.0. The Kier molecular flexibility index (Phi) is 9.89. The first-order valence-electron chi connectivity index (χ1n) is 13.5. The predicted octanol–water partition coefficient (Wildman–Crippen LogP) is 6.02. The molecule has 0 saturated carbocycles. The van der Waals surface area contributed by atoms with Crippen LogP contribution < -0.4 is 25.2 Å². The molecule has 0 unspecified atom stereocenters. The van der Waals surface area contributed by atoms with Crippen LogP contribution >= 0.6 is 0 Å². The van der Waals surface area contributed by atoms with Crippen LogP contribution in [-0.4, -0.2) is 49.0 Å². The lowest BCUT2D eigenvalue weighted by atomic mass is 10.1. The van der Waals surface area contributed by atoms with Crippen molar-refractivity contribution in [1.82, 2.24) is 5.32 Å². The van der Waals surface area contributed by atoms with Gasteiger partial charge >= 0.3 is 18.4 Å². The van der Waals surface area contributed by atoms with E-state index >= 15 is 0 Å². The third-order valence-electron chi connectivity index (χ3n) is 6.65. The highest BCUT2D eigenvalue weighted by atomic mass is 19.4. The number of aliphatic carboxylic acids is 1. The van der Waals surface area contributed by atoms with Crippen LogP contribution in [0.2, 0.25) is 0 Å². The van der Waals surface area contributed by atoms with E-state index < -0.39 is 30.0 Å². The Balaban J connectivity index is 1.50. The van der Waals surface area contributed by atoms with Gasteiger partial charge in [-0.3, -0.25) is 14.5 Å². The molecule has 12 heteroatoms. The third kappa shape index (κ3) is 8.88. The van der Waals surface area contributed by atoms with Gasteiger partial charge in [-0.1, -0.05) is 12.1 Å². The van der Waals surface area contributed by atoms with E-state index in [-0.39, 0.29) is 25.2 Å². The second kappa shape index (κ2) is 13.7. The van der Waals surface area contributed by atoms with Gasteiger partial charge < -0.3 is 25.4 Å². The van der Waals surface area contributed by atoms with Crippen LogP contribution in [0.3, 0.4) is 0 Å². The summed E-state index contributed by atoms with van der Waals surface area (Å²) in [5.41, 5.74) is 2.98. The van der Waals surface area contributed by atoms with Crippen molar-refractivity contribution >= 4 is 35.0 Å². The monoisotopic (exact) mass is 584 g/mol. The molecule has 0 aromatic heterocycles. The highest BCUT2D eigenvalue weighted by Gasteiger charge is 2.31. The molecule has 1 fully saturated rings. The fraction of sp³-hybridized carbons (Fsp3) is 0.300. The lowest BCUT2D eigenvalue weighted by Gasteiger charge is -2.29. The molecule has 1 aliphatic rings. The van der Waals surface area contributed by atoms with Gasteiger partial charge in [0.2, 0.25) is 0 Å². The number of nitrogens with one attached hydrogen (secondary N) is 2. The molecule has 0 radical (unpaired) electrons. The average molecular weight is 585 g/mol. The van der Waals surface area contributed by atoms with Gasteiger partial charge in [0.15, 0.2) is 0 Å². The van der Waals surface area contributed by atoms with Crippen LogP contribution in [0, 0.1) is 0 Å². The molecule has 222 valence electrons. The minimum Gasteiger partial charge on any atom is -0.481 e. The molecule has 3 aromatic carbocycles. The van der Waals surface area contributed by atoms with Gasteiger partial charge in [-0.15, -0.1) is 13.2 Å². The summed E-state index contributed by atoms with van der Waals surface area (Å²) in [6.07, 6.45) is -1.57. The zero-order valence-electron chi connectivity index (χ0n) is 22.7. The number of hydrogen-bond acceptors (Lipinski definition) is 5. The number of hydrogen-bond donors (Lipinski definition) is 3. The van der Waals surface area contributed by atoms with Crippen LogP contribution in [0.15, 0.2) is 72.8 Å². The Morgan fingerprint density at radius 1 is 0.881 bits per heavy atom. The highest BCUT2D eigenvalue weighted by Crippen LogP contribution is 2.27. The Bertz CT molecular complexity index is 1360. The first-order valence-corrected chi connectivity index (χ1v) is 13.5. The molecule has 0 spiro atoms. The van der Waals surface area contributed by atoms with Gasteiger partial charge in [-0.25, -0.2) is 4.79 Å². The first-order chi connectivity index (χ1) is 20.1. The fourth-order valence-corrected chi connectivity index (χ4v) is 4.54. The summed E-state index contributed by atoms with van der Waals surface area (Å²) in [6.45, 7) is 2.06. The van der Waals surface area contributed by atoms with Gasteiger partial charge in [-0.2, -0.15) is 0 Å². The number of benzene rings is 3. The Morgan fingerprint density at radius 2 is 1.52 bits per heavy atom. The van der Waals surface area contributed by atoms with Gasteiger partial charge in [0, 0.05) is 42.3 Å². The van der Waals surface area contributed by atoms with Gasteiger partial charge in [0.25, 0.3) is 5.91 Å². The summed E-state index contributed by atoms with van der Waals surface area (Å²) >= 11 is 0. The van der Waals surface area contributed by atoms with E-state index in [1.54, 1.807) is 24.3 Å². The summed E-state index contributed by atoms with van der Waals surface area (Å²) < 4.78 is 41.4. The summed E-state index contributed by atoms with van der Waals surface area (Å²) in [7, 11) is 0. The SMILES string of the molecule is O=C(O)CCNC(=O)c1ccc(CN(C(=O)Nc2ccc(OC(F)(F)F)cc2)c2ccc(N3CCCCC3)cc2)cc1. The maximum atomic E-state index is 13.4. The standard InChI is InChI=1S/C30H31F3N4O5/c31-30(32,33)42-26-14-8-23(9-15-26)35-29(41)37(25-12-10-24(11-13-25)36-18-2-1-3-19-36)20-21-4-6-22(7-5-21)28(40)34-17-16-27(38)39/h4-15H,1-3,16-20H2,(H,34,40)(H,35,41)(H,38,39). The lowest BCUT2D eigenvalue weighted by Crippen LogP contribution is -2.34. The predicted molar refractivity (Wildman–Crippen MR) is 152 cm³/mol. The van der Waals surface area contributed by atoms with Crippen LogP contribution in [0.1, 0.15) is 41.6 Å². The Labute approximate surface area is 240 Å². The second-order valence-corrected chi connectivity index (χ2v) is 9.75. The van der Waals surface area contributed by atoms with E-state index in [0.717, 1.165) is 43.8 Å². The minimum absolute atomic E-state index is 0.000596. The zero-order chi connectivity index (χ0) is 30.1. The lowest BCUT2D eigenvalue weighted by molar-refractivity contribution is -0.274. The number of urea groups is 1. The molecule has 0 bridgehead atoms. The summed E-state index contributed by atoms with van der Waals surface area (Å²) in [6, 6.07) is 18.5. The number of nitrogens with zero attached hydrogens (tertiary/aromatic N) is 2. The number of halogens is 3. The van der Waals surface area contributed by atoms with Crippen LogP contribution in [0.25, 0.3) is 0 Å². The zero-order valence-corrected chi connectivity index (χ0v) is 22.7. The number of piperidine rings is 1. The summed E-state index contributed by atoms with van der Waals surface area (Å²) in [4.78, 5) is 40.2. The molecule has 4 rings (SSSR count). The number of anilines is 3. The Hall–Kier alpha value is -4.74. The smallest absolute Gasteiger partial charge is 0.481 e. The molecule has 1 saturated heterocycles. The molecule has 3 amide bonds. The van der Waals surface area contributed by atoms with Crippen molar-refractivity contribution in [1.29, 1.82) is 0 Å². The van der Waals surface area contributed by atoms with Crippen LogP contribution in [-0.2, 0) is 11.3 Å². The number of ether oxygens (including phenoxy) is 1. The molecule has 3 aromatic rings. The number of carbonyl (C=O) groups is 3. The molecule has 0 aliphatic carbocycles. The molecular weight excluding hydrogens is 553 g/mol. The molecule has 1 aliphatic heterocycles. The number of carboxylic acid groups (broad SMARTS) is 1. The van der Waals surface area contributed by atoms with E-state index in [2.05, 4.69) is 20.3 Å². The topological polar surface area (TPSA) is 111 Å². The maximum Gasteiger partial charge on any atom is 0.573 e.